The average molecular weight is 528 g/mol. The Morgan fingerprint density at radius 2 is 1.56 bits per heavy atom. The van der Waals surface area contributed by atoms with Crippen molar-refractivity contribution in [3.63, 3.8) is 0 Å². The molecule has 0 amide bonds. The standard InChI is InChI=1S/C21H22F3N2O5.Y/c1-17(13-18(17)11-12-18)19(27,28)26(15-5-3-2-4-6-15)21(29,30)25-14-7-9-16(10-8-14)31-20(22,23)24;/h3-10,25,27-30H,11-13H2,1H3;/q-1;. The van der Waals surface area contributed by atoms with Gasteiger partial charge in [0.2, 0.25) is 0 Å². The Morgan fingerprint density at radius 1 is 1.00 bits per heavy atom. The molecule has 4 rings (SSSR count). The summed E-state index contributed by atoms with van der Waals surface area (Å²) in [7, 11) is 0. The fourth-order valence-corrected chi connectivity index (χ4v) is 4.33. The van der Waals surface area contributed by atoms with Crippen molar-refractivity contribution in [1.29, 1.82) is 0 Å². The van der Waals surface area contributed by atoms with Crippen molar-refractivity contribution in [2.45, 2.75) is 44.5 Å². The van der Waals surface area contributed by atoms with Crippen LogP contribution in [0.15, 0.2) is 48.5 Å². The number of ether oxygens (including phenoxy) is 1. The summed E-state index contributed by atoms with van der Waals surface area (Å²) in [4.78, 5) is 0.640. The number of nitrogens with zero attached hydrogens (tertiary/aromatic N) is 1. The topological polar surface area (TPSA) is 105 Å². The molecule has 11 heteroatoms. The summed E-state index contributed by atoms with van der Waals surface area (Å²) in [5, 5.41) is 46.4. The van der Waals surface area contributed by atoms with Gasteiger partial charge in [0.1, 0.15) is 5.75 Å². The van der Waals surface area contributed by atoms with Gasteiger partial charge in [0.05, 0.1) is 0 Å². The third-order valence-corrected chi connectivity index (χ3v) is 6.31. The molecular weight excluding hydrogens is 506 g/mol. The minimum atomic E-state index is -4.86. The van der Waals surface area contributed by atoms with E-state index >= 15 is 0 Å². The van der Waals surface area contributed by atoms with Crippen molar-refractivity contribution < 1.29 is 71.0 Å². The molecule has 0 saturated heterocycles. The zero-order chi connectivity index (χ0) is 22.7. The Labute approximate surface area is 207 Å². The van der Waals surface area contributed by atoms with Gasteiger partial charge in [-0.25, -0.2) is 0 Å². The van der Waals surface area contributed by atoms with Gasteiger partial charge in [-0.3, -0.25) is 4.90 Å². The summed E-state index contributed by atoms with van der Waals surface area (Å²) in [6.45, 7) is 1.67. The maximum absolute atomic E-state index is 12.3. The molecule has 0 heterocycles. The second-order valence-electron chi connectivity index (χ2n) is 8.35. The molecule has 2 aromatic carbocycles. The second kappa shape index (κ2) is 8.11. The number of halogens is 3. The molecule has 2 saturated carbocycles. The van der Waals surface area contributed by atoms with Crippen molar-refractivity contribution in [1.82, 2.24) is 0 Å². The number of nitrogens with one attached hydrogen (secondary N) is 1. The first-order chi connectivity index (χ1) is 14.3. The molecule has 171 valence electrons. The van der Waals surface area contributed by atoms with Crippen molar-refractivity contribution in [3.05, 3.63) is 54.6 Å². The van der Waals surface area contributed by atoms with E-state index in [9.17, 15) is 33.6 Å². The summed E-state index contributed by atoms with van der Waals surface area (Å²) < 4.78 is 40.8. The van der Waals surface area contributed by atoms with Crippen molar-refractivity contribution >= 4 is 11.4 Å². The quantitative estimate of drug-likeness (QED) is 0.278. The van der Waals surface area contributed by atoms with Crippen LogP contribution >= 0.6 is 0 Å². The van der Waals surface area contributed by atoms with Gasteiger partial charge in [0, 0.05) is 43.8 Å². The molecule has 2 aliphatic carbocycles. The molecule has 32 heavy (non-hydrogen) atoms. The van der Waals surface area contributed by atoms with Gasteiger partial charge in [-0.05, 0) is 48.9 Å². The Hall–Kier alpha value is -1.43. The second-order valence-corrected chi connectivity index (χ2v) is 8.35. The van der Waals surface area contributed by atoms with Gasteiger partial charge in [-0.1, -0.05) is 12.6 Å². The average Bonchev–Trinajstić information content (AvgIpc) is 3.54. The minimum Gasteiger partial charge on any atom is -0.406 e. The van der Waals surface area contributed by atoms with Crippen LogP contribution in [0.5, 0.6) is 5.75 Å². The summed E-state index contributed by atoms with van der Waals surface area (Å²) in [6, 6.07) is 9.79. The first-order valence-electron chi connectivity index (χ1n) is 9.60. The molecule has 0 aromatic heterocycles. The van der Waals surface area contributed by atoms with Gasteiger partial charge in [0.25, 0.3) is 5.91 Å². The fourth-order valence-electron chi connectivity index (χ4n) is 4.33. The van der Waals surface area contributed by atoms with Gasteiger partial charge >= 0.3 is 12.4 Å². The molecule has 7 nitrogen and oxygen atoms in total. The molecule has 2 aromatic rings. The van der Waals surface area contributed by atoms with Gasteiger partial charge < -0.3 is 30.5 Å². The maximum atomic E-state index is 12.3. The Bertz CT molecular complexity index is 952. The first-order valence-corrected chi connectivity index (χ1v) is 9.60. The normalized spacial score (nSPS) is 21.5. The van der Waals surface area contributed by atoms with E-state index in [1.54, 1.807) is 6.92 Å². The van der Waals surface area contributed by atoms with E-state index in [0.717, 1.165) is 37.1 Å². The van der Waals surface area contributed by atoms with Crippen molar-refractivity contribution in [3.8, 4) is 5.75 Å². The van der Waals surface area contributed by atoms with E-state index in [-0.39, 0.29) is 49.5 Å². The van der Waals surface area contributed by atoms with E-state index in [1.807, 2.05) is 0 Å². The SMILES string of the molecule is CC1(C(O)(O)N(c2cc[c-]cc2)C(O)(O)Nc2ccc(OC(F)(F)F)cc2)CC12CC2.[Y]. The number of hydrogen-bond acceptors (Lipinski definition) is 7. The molecule has 0 aliphatic heterocycles. The van der Waals surface area contributed by atoms with E-state index in [4.69, 9.17) is 0 Å². The van der Waals surface area contributed by atoms with E-state index in [1.165, 1.54) is 24.3 Å². The number of benzene rings is 2. The molecule has 1 unspecified atom stereocenters. The summed E-state index contributed by atoms with van der Waals surface area (Å²) in [5.41, 5.74) is -1.18. The Kier molecular flexibility index (Phi) is 6.38. The number of alkyl halides is 3. The van der Waals surface area contributed by atoms with E-state index in [0.29, 0.717) is 11.3 Å². The van der Waals surface area contributed by atoms with Crippen molar-refractivity contribution in [2.24, 2.45) is 10.8 Å². The largest absolute Gasteiger partial charge is 0.573 e. The summed E-state index contributed by atoms with van der Waals surface area (Å²) in [5.74, 6) is -3.14. The third-order valence-electron chi connectivity index (χ3n) is 6.31. The molecule has 1 atom stereocenters. The fraction of sp³-hybridized carbons (Fsp3) is 0.429. The molecule has 2 aliphatic rings. The summed E-state index contributed by atoms with van der Waals surface area (Å²) >= 11 is 0. The van der Waals surface area contributed by atoms with Gasteiger partial charge in [-0.15, -0.1) is 25.3 Å². The predicted molar refractivity (Wildman–Crippen MR) is 103 cm³/mol. The number of aliphatic hydroxyl groups is 4. The monoisotopic (exact) mass is 528 g/mol. The van der Waals surface area contributed by atoms with Crippen molar-refractivity contribution in [2.75, 3.05) is 10.2 Å². The summed E-state index contributed by atoms with van der Waals surface area (Å²) in [6.07, 6.45) is -2.75. The van der Waals surface area contributed by atoms with Crippen LogP contribution in [0.4, 0.5) is 24.5 Å². The van der Waals surface area contributed by atoms with E-state index < -0.39 is 29.5 Å². The van der Waals surface area contributed by atoms with Crippen LogP contribution in [0.3, 0.4) is 0 Å². The maximum Gasteiger partial charge on any atom is 0.573 e. The molecule has 2 fully saturated rings. The Morgan fingerprint density at radius 3 is 2.03 bits per heavy atom. The third kappa shape index (κ3) is 4.49. The van der Waals surface area contributed by atoms with E-state index in [2.05, 4.69) is 16.1 Å². The number of rotatable bonds is 7. The molecule has 1 radical (unpaired) electrons. The van der Waals surface area contributed by atoms with Crippen LogP contribution < -0.4 is 15.0 Å². The first kappa shape index (κ1) is 25.2. The van der Waals surface area contributed by atoms with Crippen LogP contribution in [-0.4, -0.2) is 38.7 Å². The van der Waals surface area contributed by atoms with Crippen LogP contribution in [-0.2, 0) is 32.7 Å². The number of anilines is 2. The minimum absolute atomic E-state index is 0. The van der Waals surface area contributed by atoms with Gasteiger partial charge in [-0.2, -0.15) is 18.2 Å². The number of hydrogen-bond donors (Lipinski definition) is 5. The molecular formula is C21H22F3N2O5Y-. The smallest absolute Gasteiger partial charge is 0.406 e. The zero-order valence-electron chi connectivity index (χ0n) is 17.1. The van der Waals surface area contributed by atoms with Crippen LogP contribution in [0.25, 0.3) is 0 Å². The zero-order valence-corrected chi connectivity index (χ0v) is 19.9. The molecule has 5 N–H and O–H groups in total. The van der Waals surface area contributed by atoms with Crippen LogP contribution in [0.2, 0.25) is 0 Å². The molecule has 1 spiro atoms. The van der Waals surface area contributed by atoms with Gasteiger partial charge in [0.15, 0.2) is 0 Å². The Balaban J connectivity index is 0.00000289. The predicted octanol–water partition coefficient (Wildman–Crippen LogP) is 2.73. The van der Waals surface area contributed by atoms with Crippen LogP contribution in [0, 0.1) is 16.9 Å². The molecule has 0 bridgehead atoms. The van der Waals surface area contributed by atoms with Crippen LogP contribution in [0.1, 0.15) is 26.2 Å².